The van der Waals surface area contributed by atoms with Crippen molar-refractivity contribution in [2.45, 2.75) is 6.11 Å². The highest BCUT2D eigenvalue weighted by Crippen LogP contribution is 2.15. The van der Waals surface area contributed by atoms with E-state index in [1.807, 2.05) is 0 Å². The normalized spacial score (nSPS) is 12.0. The predicted molar refractivity (Wildman–Crippen MR) is 23.2 cm³/mol. The zero-order chi connectivity index (χ0) is 7.33. The standard InChI is InChI=1S/C2H3F3O3S/c3-1-2(4,5)6-7-8-9/h9H,1H2. The highest BCUT2D eigenvalue weighted by molar-refractivity contribution is 7.74. The van der Waals surface area contributed by atoms with Crippen LogP contribution in [0.3, 0.4) is 0 Å². The lowest BCUT2D eigenvalue weighted by Crippen LogP contribution is -2.22. The summed E-state index contributed by atoms with van der Waals surface area (Å²) in [6.45, 7) is -1.98. The van der Waals surface area contributed by atoms with Gasteiger partial charge in [0.15, 0.2) is 6.67 Å². The van der Waals surface area contributed by atoms with Gasteiger partial charge in [-0.1, -0.05) is 0 Å². The quantitative estimate of drug-likeness (QED) is 0.293. The number of halogens is 3. The molecule has 9 heavy (non-hydrogen) atoms. The van der Waals surface area contributed by atoms with Gasteiger partial charge in [-0.2, -0.15) is 8.78 Å². The Balaban J connectivity index is 3.33. The second kappa shape index (κ2) is 3.94. The maximum atomic E-state index is 11.5. The van der Waals surface area contributed by atoms with Gasteiger partial charge in [-0.3, -0.25) is 0 Å². The highest BCUT2D eigenvalue weighted by Gasteiger charge is 2.32. The number of hydrogen-bond donors (Lipinski definition) is 1. The Morgan fingerprint density at radius 3 is 2.33 bits per heavy atom. The van der Waals surface area contributed by atoms with Crippen LogP contribution in [0.1, 0.15) is 0 Å². The van der Waals surface area contributed by atoms with Gasteiger partial charge in [0, 0.05) is 12.9 Å². The smallest absolute Gasteiger partial charge is 0.241 e. The molecular weight excluding hydrogens is 161 g/mol. The maximum Gasteiger partial charge on any atom is 0.411 e. The predicted octanol–water partition coefficient (Wildman–Crippen LogP) is 1.27. The van der Waals surface area contributed by atoms with Crippen molar-refractivity contribution in [3.63, 3.8) is 0 Å². The van der Waals surface area contributed by atoms with Crippen LogP contribution in [0.4, 0.5) is 13.2 Å². The molecule has 0 rings (SSSR count). The van der Waals surface area contributed by atoms with E-state index in [0.29, 0.717) is 0 Å². The van der Waals surface area contributed by atoms with Crippen molar-refractivity contribution in [3.05, 3.63) is 0 Å². The van der Waals surface area contributed by atoms with E-state index in [4.69, 9.17) is 0 Å². The fourth-order valence-corrected chi connectivity index (χ4v) is 0.118. The minimum Gasteiger partial charge on any atom is -0.241 e. The van der Waals surface area contributed by atoms with Crippen molar-refractivity contribution < 1.29 is 27.4 Å². The summed E-state index contributed by atoms with van der Waals surface area (Å²) in [5, 5.41) is 3.16. The molecule has 0 aliphatic heterocycles. The minimum absolute atomic E-state index is 1.98. The van der Waals surface area contributed by atoms with Crippen LogP contribution in [-0.2, 0) is 14.3 Å². The molecule has 0 aliphatic rings. The summed E-state index contributed by atoms with van der Waals surface area (Å²) in [6.07, 6.45) is -3.97. The maximum absolute atomic E-state index is 11.5. The first kappa shape index (κ1) is 9.02. The van der Waals surface area contributed by atoms with Gasteiger partial charge in [0.05, 0.1) is 0 Å². The van der Waals surface area contributed by atoms with E-state index in [1.54, 1.807) is 0 Å². The summed E-state index contributed by atoms with van der Waals surface area (Å²) < 4.78 is 37.4. The van der Waals surface area contributed by atoms with E-state index in [-0.39, 0.29) is 0 Å². The molecule has 0 N–H and O–H groups in total. The van der Waals surface area contributed by atoms with E-state index in [2.05, 4.69) is 27.2 Å². The molecule has 0 saturated carbocycles. The lowest BCUT2D eigenvalue weighted by Gasteiger charge is -2.07. The van der Waals surface area contributed by atoms with Gasteiger partial charge < -0.3 is 0 Å². The van der Waals surface area contributed by atoms with Gasteiger partial charge in [0.2, 0.25) is 0 Å². The van der Waals surface area contributed by atoms with Crippen molar-refractivity contribution in [2.24, 2.45) is 0 Å². The topological polar surface area (TPSA) is 27.7 Å². The molecule has 0 spiro atoms. The molecule has 0 aliphatic carbocycles. The zero-order valence-electron chi connectivity index (χ0n) is 4.01. The van der Waals surface area contributed by atoms with E-state index < -0.39 is 12.8 Å². The fraction of sp³-hybridized carbons (Fsp3) is 1.00. The molecule has 0 fully saturated rings. The molecule has 7 heteroatoms. The van der Waals surface area contributed by atoms with Gasteiger partial charge in [-0.15, -0.1) is 9.22 Å². The Bertz CT molecular complexity index is 79.5. The van der Waals surface area contributed by atoms with Gasteiger partial charge in [-0.05, 0) is 5.04 Å². The summed E-state index contributed by atoms with van der Waals surface area (Å²) in [7, 11) is 0. The second-order valence-corrected chi connectivity index (χ2v) is 1.15. The molecule has 56 valence electrons. The first-order chi connectivity index (χ1) is 4.12. The number of thiol groups is 1. The fourth-order valence-electron chi connectivity index (χ4n) is 0.0873. The van der Waals surface area contributed by atoms with Crippen LogP contribution in [0.25, 0.3) is 0 Å². The number of hydrogen-bond acceptors (Lipinski definition) is 4. The van der Waals surface area contributed by atoms with E-state index >= 15 is 0 Å². The molecule has 0 bridgehead atoms. The van der Waals surface area contributed by atoms with Crippen molar-refractivity contribution in [3.8, 4) is 0 Å². The minimum atomic E-state index is -3.97. The molecule has 0 unspecified atom stereocenters. The van der Waals surface area contributed by atoms with Gasteiger partial charge >= 0.3 is 6.11 Å². The van der Waals surface area contributed by atoms with E-state index in [1.165, 1.54) is 0 Å². The summed E-state index contributed by atoms with van der Waals surface area (Å²) in [5.74, 6) is 0. The Morgan fingerprint density at radius 2 is 2.00 bits per heavy atom. The van der Waals surface area contributed by atoms with Crippen molar-refractivity contribution in [1.29, 1.82) is 0 Å². The van der Waals surface area contributed by atoms with E-state index in [0.717, 1.165) is 0 Å². The Morgan fingerprint density at radius 1 is 1.44 bits per heavy atom. The largest absolute Gasteiger partial charge is 0.411 e. The summed E-state index contributed by atoms with van der Waals surface area (Å²) in [5.41, 5.74) is 0. The monoisotopic (exact) mass is 164 g/mol. The molecule has 0 saturated heterocycles. The Kier molecular flexibility index (Phi) is 3.95. The third-order valence-corrected chi connectivity index (χ3v) is 0.403. The second-order valence-electron chi connectivity index (χ2n) is 0.997. The van der Waals surface area contributed by atoms with Crippen molar-refractivity contribution in [2.75, 3.05) is 6.67 Å². The lowest BCUT2D eigenvalue weighted by molar-refractivity contribution is -0.542. The van der Waals surface area contributed by atoms with Gasteiger partial charge in [0.25, 0.3) is 0 Å². The third kappa shape index (κ3) is 4.52. The van der Waals surface area contributed by atoms with Crippen molar-refractivity contribution >= 4 is 12.9 Å². The average Bonchev–Trinajstić information content (AvgIpc) is 1.84. The molecule has 0 atom stereocenters. The molecule has 0 aromatic heterocycles. The summed E-state index contributed by atoms with van der Waals surface area (Å²) in [4.78, 5) is 3.02. The van der Waals surface area contributed by atoms with Crippen molar-refractivity contribution in [1.82, 2.24) is 0 Å². The molecular formula is C2H3F3O3S. The molecule has 0 aromatic carbocycles. The van der Waals surface area contributed by atoms with Crippen LogP contribution >= 0.6 is 12.9 Å². The molecule has 0 radical (unpaired) electrons. The molecule has 0 heterocycles. The van der Waals surface area contributed by atoms with Gasteiger partial charge in [0.1, 0.15) is 0 Å². The van der Waals surface area contributed by atoms with Gasteiger partial charge in [-0.25, -0.2) is 4.39 Å². The van der Waals surface area contributed by atoms with E-state index in [9.17, 15) is 13.2 Å². The SMILES string of the molecule is FCC(F)(F)OOOS. The number of rotatable bonds is 4. The molecule has 0 aromatic rings. The van der Waals surface area contributed by atoms with Crippen LogP contribution < -0.4 is 0 Å². The highest BCUT2D eigenvalue weighted by atomic mass is 32.1. The average molecular weight is 164 g/mol. The summed E-state index contributed by atoms with van der Waals surface area (Å²) in [6, 6.07) is 0. The number of alkyl halides is 3. The van der Waals surface area contributed by atoms with Crippen LogP contribution in [0.2, 0.25) is 0 Å². The van der Waals surface area contributed by atoms with Crippen LogP contribution in [0.5, 0.6) is 0 Å². The lowest BCUT2D eigenvalue weighted by atomic mass is 10.7. The molecule has 0 amide bonds. The Labute approximate surface area is 54.2 Å². The zero-order valence-corrected chi connectivity index (χ0v) is 4.91. The first-order valence-electron chi connectivity index (χ1n) is 1.72. The first-order valence-corrected chi connectivity index (χ1v) is 2.08. The van der Waals surface area contributed by atoms with Crippen LogP contribution in [0, 0.1) is 0 Å². The van der Waals surface area contributed by atoms with Crippen LogP contribution in [0.15, 0.2) is 0 Å². The van der Waals surface area contributed by atoms with Crippen LogP contribution in [-0.4, -0.2) is 12.8 Å². The summed E-state index contributed by atoms with van der Waals surface area (Å²) >= 11 is 2.87. The third-order valence-electron chi connectivity index (χ3n) is 0.342. The molecule has 3 nitrogen and oxygen atoms in total. The Hall–Kier alpha value is 0.0200.